The van der Waals surface area contributed by atoms with Crippen molar-refractivity contribution < 1.29 is 14.7 Å². The van der Waals surface area contributed by atoms with Crippen LogP contribution in [0.15, 0.2) is 30.5 Å². The number of aromatic nitrogens is 2. The van der Waals surface area contributed by atoms with Gasteiger partial charge < -0.3 is 15.0 Å². The molecule has 1 atom stereocenters. The lowest BCUT2D eigenvalue weighted by molar-refractivity contribution is -0.124. The average Bonchev–Trinajstić information content (AvgIpc) is 3.12. The monoisotopic (exact) mass is 445 g/mol. The van der Waals surface area contributed by atoms with E-state index in [0.717, 1.165) is 49.2 Å². The third kappa shape index (κ3) is 7.73. The van der Waals surface area contributed by atoms with E-state index in [1.54, 1.807) is 12.1 Å². The van der Waals surface area contributed by atoms with E-state index in [-0.39, 0.29) is 17.4 Å². The highest BCUT2D eigenvalue weighted by Gasteiger charge is 2.18. The van der Waals surface area contributed by atoms with Crippen LogP contribution in [0.5, 0.6) is 0 Å². The van der Waals surface area contributed by atoms with Gasteiger partial charge in [-0.1, -0.05) is 45.7 Å². The van der Waals surface area contributed by atoms with E-state index < -0.39 is 5.97 Å². The van der Waals surface area contributed by atoms with Gasteiger partial charge in [-0.25, -0.2) is 9.78 Å². The molecule has 0 saturated carbocycles. The van der Waals surface area contributed by atoms with Crippen LogP contribution >= 0.6 is 12.6 Å². The minimum atomic E-state index is -0.933. The number of carbonyl (C=O) groups excluding carboxylic acids is 1. The third-order valence-electron chi connectivity index (χ3n) is 5.44. The van der Waals surface area contributed by atoms with Gasteiger partial charge in [0.2, 0.25) is 5.91 Å². The first-order chi connectivity index (χ1) is 14.8. The van der Waals surface area contributed by atoms with Crippen LogP contribution in [0.3, 0.4) is 0 Å². The summed E-state index contributed by atoms with van der Waals surface area (Å²) in [6, 6.07) is 6.90. The fourth-order valence-corrected chi connectivity index (χ4v) is 3.77. The number of nitrogens with zero attached hydrogens (tertiary/aromatic N) is 2. The SMILES string of the molecule is CCCCc1ncc(CNC(=O)C(CS)CCC(C)C)n1Cc1ccc(C(=O)O)cc1. The molecule has 31 heavy (non-hydrogen) atoms. The van der Waals surface area contributed by atoms with Crippen molar-refractivity contribution >= 4 is 24.5 Å². The van der Waals surface area contributed by atoms with Gasteiger partial charge in [-0.05, 0) is 36.5 Å². The molecule has 1 unspecified atom stereocenters. The van der Waals surface area contributed by atoms with E-state index in [4.69, 9.17) is 5.11 Å². The molecule has 2 N–H and O–H groups in total. The van der Waals surface area contributed by atoms with E-state index in [1.165, 1.54) is 0 Å². The van der Waals surface area contributed by atoms with Gasteiger partial charge in [0, 0.05) is 24.6 Å². The third-order valence-corrected chi connectivity index (χ3v) is 5.88. The first-order valence-electron chi connectivity index (χ1n) is 11.1. The molecule has 1 aromatic carbocycles. The van der Waals surface area contributed by atoms with Crippen molar-refractivity contribution in [3.63, 3.8) is 0 Å². The summed E-state index contributed by atoms with van der Waals surface area (Å²) in [6.45, 7) is 7.47. The molecule has 1 amide bonds. The van der Waals surface area contributed by atoms with Gasteiger partial charge in [-0.2, -0.15) is 12.6 Å². The Morgan fingerprint density at radius 1 is 1.19 bits per heavy atom. The van der Waals surface area contributed by atoms with E-state index in [2.05, 4.69) is 48.3 Å². The van der Waals surface area contributed by atoms with Crippen molar-refractivity contribution in [2.45, 2.75) is 66.0 Å². The van der Waals surface area contributed by atoms with Crippen LogP contribution in [0, 0.1) is 11.8 Å². The second-order valence-corrected chi connectivity index (χ2v) is 8.79. The summed E-state index contributed by atoms with van der Waals surface area (Å²) in [5.41, 5.74) is 2.22. The molecule has 2 aromatic rings. The van der Waals surface area contributed by atoms with E-state index in [0.29, 0.717) is 24.8 Å². The van der Waals surface area contributed by atoms with Crippen molar-refractivity contribution in [3.05, 3.63) is 53.1 Å². The maximum Gasteiger partial charge on any atom is 0.335 e. The molecule has 1 heterocycles. The van der Waals surface area contributed by atoms with Gasteiger partial charge in [0.05, 0.1) is 24.0 Å². The Hall–Kier alpha value is -2.28. The summed E-state index contributed by atoms with van der Waals surface area (Å²) in [6.07, 6.45) is 6.66. The molecular weight excluding hydrogens is 410 g/mol. The summed E-state index contributed by atoms with van der Waals surface area (Å²) < 4.78 is 2.13. The second kappa shape index (κ2) is 12.5. The Bertz CT molecular complexity index is 846. The summed E-state index contributed by atoms with van der Waals surface area (Å²) in [5.74, 6) is 1.09. The van der Waals surface area contributed by atoms with Crippen LogP contribution in [0.4, 0.5) is 0 Å². The summed E-state index contributed by atoms with van der Waals surface area (Å²) >= 11 is 4.37. The smallest absolute Gasteiger partial charge is 0.335 e. The van der Waals surface area contributed by atoms with Gasteiger partial charge in [0.25, 0.3) is 0 Å². The number of thiol groups is 1. The van der Waals surface area contributed by atoms with Gasteiger partial charge in [-0.3, -0.25) is 4.79 Å². The summed E-state index contributed by atoms with van der Waals surface area (Å²) in [7, 11) is 0. The van der Waals surface area contributed by atoms with Gasteiger partial charge in [0.15, 0.2) is 0 Å². The largest absolute Gasteiger partial charge is 0.478 e. The van der Waals surface area contributed by atoms with E-state index in [9.17, 15) is 9.59 Å². The molecule has 2 rings (SSSR count). The van der Waals surface area contributed by atoms with Crippen LogP contribution in [0.2, 0.25) is 0 Å². The van der Waals surface area contributed by atoms with E-state index >= 15 is 0 Å². The minimum Gasteiger partial charge on any atom is -0.478 e. The lowest BCUT2D eigenvalue weighted by Crippen LogP contribution is -2.32. The summed E-state index contributed by atoms with van der Waals surface area (Å²) in [5, 5.41) is 12.2. The Kier molecular flexibility index (Phi) is 10.1. The Balaban J connectivity index is 2.12. The second-order valence-electron chi connectivity index (χ2n) is 8.43. The fraction of sp³-hybridized carbons (Fsp3) is 0.542. The van der Waals surface area contributed by atoms with Crippen LogP contribution in [-0.4, -0.2) is 32.3 Å². The van der Waals surface area contributed by atoms with Crippen LogP contribution < -0.4 is 5.32 Å². The number of hydrogen-bond donors (Lipinski definition) is 3. The Morgan fingerprint density at radius 3 is 2.48 bits per heavy atom. The maximum atomic E-state index is 12.7. The van der Waals surface area contributed by atoms with Crippen LogP contribution in [-0.2, 0) is 24.3 Å². The normalized spacial score (nSPS) is 12.2. The predicted octanol–water partition coefficient (Wildman–Crippen LogP) is 4.57. The molecule has 6 nitrogen and oxygen atoms in total. The molecule has 0 bridgehead atoms. The molecule has 7 heteroatoms. The lowest BCUT2D eigenvalue weighted by atomic mass is 9.98. The number of carboxylic acid groups (broad SMARTS) is 1. The minimum absolute atomic E-state index is 0.0318. The number of unbranched alkanes of at least 4 members (excludes halogenated alkanes) is 1. The van der Waals surface area contributed by atoms with Crippen molar-refractivity contribution in [2.24, 2.45) is 11.8 Å². The van der Waals surface area contributed by atoms with Crippen LogP contribution in [0.1, 0.15) is 73.9 Å². The molecule has 0 saturated heterocycles. The highest BCUT2D eigenvalue weighted by atomic mass is 32.1. The Morgan fingerprint density at radius 2 is 1.90 bits per heavy atom. The molecule has 0 aliphatic carbocycles. The first-order valence-corrected chi connectivity index (χ1v) is 11.7. The molecule has 170 valence electrons. The standard InChI is InChI=1S/C24H35N3O3S/c1-4-5-6-22-25-13-21(14-26-23(28)20(16-31)10-7-17(2)3)27(22)15-18-8-11-19(12-9-18)24(29)30/h8-9,11-13,17,20,31H,4-7,10,14-16H2,1-3H3,(H,26,28)(H,29,30). The van der Waals surface area contributed by atoms with Crippen molar-refractivity contribution in [1.82, 2.24) is 14.9 Å². The topological polar surface area (TPSA) is 84.2 Å². The van der Waals surface area contributed by atoms with Gasteiger partial charge in [-0.15, -0.1) is 0 Å². The Labute approximate surface area is 190 Å². The molecule has 0 spiro atoms. The number of carbonyl (C=O) groups is 2. The zero-order valence-electron chi connectivity index (χ0n) is 18.8. The zero-order chi connectivity index (χ0) is 22.8. The zero-order valence-corrected chi connectivity index (χ0v) is 19.7. The number of amides is 1. The number of hydrogen-bond acceptors (Lipinski definition) is 4. The number of aromatic carboxylic acids is 1. The fourth-order valence-electron chi connectivity index (χ4n) is 3.42. The van der Waals surface area contributed by atoms with Gasteiger partial charge in [0.1, 0.15) is 5.82 Å². The number of carboxylic acids is 1. The number of benzene rings is 1. The molecule has 0 aliphatic rings. The average molecular weight is 446 g/mol. The van der Waals surface area contributed by atoms with Gasteiger partial charge >= 0.3 is 5.97 Å². The molecule has 0 aliphatic heterocycles. The molecule has 0 radical (unpaired) electrons. The first kappa shape index (κ1) is 25.0. The molecular formula is C24H35N3O3S. The lowest BCUT2D eigenvalue weighted by Gasteiger charge is -2.17. The summed E-state index contributed by atoms with van der Waals surface area (Å²) in [4.78, 5) is 28.4. The number of aryl methyl sites for hydroxylation is 1. The number of rotatable bonds is 13. The quantitative estimate of drug-likeness (QED) is 0.394. The van der Waals surface area contributed by atoms with Crippen LogP contribution in [0.25, 0.3) is 0 Å². The van der Waals surface area contributed by atoms with Crippen molar-refractivity contribution in [1.29, 1.82) is 0 Å². The number of imidazole rings is 1. The highest BCUT2D eigenvalue weighted by Crippen LogP contribution is 2.16. The maximum absolute atomic E-state index is 12.7. The number of nitrogens with one attached hydrogen (secondary N) is 1. The van der Waals surface area contributed by atoms with E-state index in [1.807, 2.05) is 18.3 Å². The molecule has 1 aromatic heterocycles. The highest BCUT2D eigenvalue weighted by molar-refractivity contribution is 7.80. The predicted molar refractivity (Wildman–Crippen MR) is 127 cm³/mol. The molecule has 0 fully saturated rings. The van der Waals surface area contributed by atoms with Crippen molar-refractivity contribution in [2.75, 3.05) is 5.75 Å². The van der Waals surface area contributed by atoms with Crippen molar-refractivity contribution in [3.8, 4) is 0 Å².